The molecule has 0 aliphatic rings. The largest absolute Gasteiger partial charge is 0.491 e. The van der Waals surface area contributed by atoms with E-state index < -0.39 is 6.10 Å². The lowest BCUT2D eigenvalue weighted by atomic mass is 10.3. The first-order valence-corrected chi connectivity index (χ1v) is 6.73. The van der Waals surface area contributed by atoms with Crippen molar-refractivity contribution in [1.82, 2.24) is 20.3 Å². The summed E-state index contributed by atoms with van der Waals surface area (Å²) in [6, 6.07) is 7.10. The monoisotopic (exact) mass is 296 g/mol. The fourth-order valence-electron chi connectivity index (χ4n) is 1.62. The molecule has 0 spiro atoms. The number of hydrogen-bond acceptors (Lipinski definition) is 5. The van der Waals surface area contributed by atoms with Gasteiger partial charge in [-0.3, -0.25) is 4.68 Å². The van der Waals surface area contributed by atoms with Crippen molar-refractivity contribution >= 4 is 11.6 Å². The van der Waals surface area contributed by atoms with Crippen molar-refractivity contribution in [3.63, 3.8) is 0 Å². The number of aliphatic hydroxyl groups excluding tert-OH is 1. The van der Waals surface area contributed by atoms with E-state index in [1.54, 1.807) is 41.3 Å². The van der Waals surface area contributed by atoms with Gasteiger partial charge in [0.15, 0.2) is 0 Å². The van der Waals surface area contributed by atoms with Crippen molar-refractivity contribution in [3.05, 3.63) is 41.7 Å². The van der Waals surface area contributed by atoms with Crippen molar-refractivity contribution < 1.29 is 9.84 Å². The Morgan fingerprint density at radius 3 is 3.10 bits per heavy atom. The Morgan fingerprint density at radius 1 is 1.45 bits per heavy atom. The average molecular weight is 297 g/mol. The smallest absolute Gasteiger partial charge is 0.120 e. The van der Waals surface area contributed by atoms with Crippen LogP contribution in [0.1, 0.15) is 0 Å². The van der Waals surface area contributed by atoms with E-state index in [4.69, 9.17) is 16.3 Å². The number of benzene rings is 1. The zero-order chi connectivity index (χ0) is 14.2. The van der Waals surface area contributed by atoms with E-state index >= 15 is 0 Å². The Kier molecular flexibility index (Phi) is 5.79. The summed E-state index contributed by atoms with van der Waals surface area (Å²) >= 11 is 5.84. The minimum Gasteiger partial charge on any atom is -0.491 e. The minimum absolute atomic E-state index is 0.219. The molecular weight excluding hydrogens is 280 g/mol. The maximum Gasteiger partial charge on any atom is 0.120 e. The highest BCUT2D eigenvalue weighted by molar-refractivity contribution is 6.30. The van der Waals surface area contributed by atoms with Gasteiger partial charge in [-0.1, -0.05) is 22.9 Å². The molecule has 1 atom stereocenters. The Morgan fingerprint density at radius 2 is 2.35 bits per heavy atom. The van der Waals surface area contributed by atoms with Crippen LogP contribution in [0, 0.1) is 0 Å². The molecule has 6 nitrogen and oxygen atoms in total. The Labute approximate surface area is 122 Å². The van der Waals surface area contributed by atoms with Gasteiger partial charge in [0.25, 0.3) is 0 Å². The quantitative estimate of drug-likeness (QED) is 0.710. The molecule has 0 radical (unpaired) electrons. The zero-order valence-corrected chi connectivity index (χ0v) is 11.7. The SMILES string of the molecule is OC(CNCCn1ccnn1)COc1cccc(Cl)c1. The summed E-state index contributed by atoms with van der Waals surface area (Å²) in [7, 11) is 0. The van der Waals surface area contributed by atoms with Crippen molar-refractivity contribution in [2.75, 3.05) is 19.7 Å². The lowest BCUT2D eigenvalue weighted by Gasteiger charge is -2.13. The molecule has 0 fully saturated rings. The highest BCUT2D eigenvalue weighted by Gasteiger charge is 2.05. The maximum atomic E-state index is 9.78. The van der Waals surface area contributed by atoms with Crippen LogP contribution in [0.4, 0.5) is 0 Å². The van der Waals surface area contributed by atoms with Crippen LogP contribution in [0.5, 0.6) is 5.75 Å². The Bertz CT molecular complexity index is 507. The van der Waals surface area contributed by atoms with E-state index in [-0.39, 0.29) is 6.61 Å². The molecule has 108 valence electrons. The predicted octanol–water partition coefficient (Wildman–Crippen LogP) is 0.961. The summed E-state index contributed by atoms with van der Waals surface area (Å²) in [6.07, 6.45) is 2.85. The highest BCUT2D eigenvalue weighted by Crippen LogP contribution is 2.17. The molecule has 2 aromatic rings. The molecule has 0 aliphatic carbocycles. The van der Waals surface area contributed by atoms with Gasteiger partial charge in [0.2, 0.25) is 0 Å². The average Bonchev–Trinajstić information content (AvgIpc) is 2.95. The molecule has 0 aliphatic heterocycles. The third kappa shape index (κ3) is 5.16. The van der Waals surface area contributed by atoms with E-state index in [1.807, 2.05) is 0 Å². The summed E-state index contributed by atoms with van der Waals surface area (Å²) in [4.78, 5) is 0. The fraction of sp³-hybridized carbons (Fsp3) is 0.385. The Balaban J connectivity index is 1.59. The van der Waals surface area contributed by atoms with Gasteiger partial charge < -0.3 is 15.2 Å². The van der Waals surface area contributed by atoms with Gasteiger partial charge in [0, 0.05) is 24.3 Å². The van der Waals surface area contributed by atoms with Crippen molar-refractivity contribution in [1.29, 1.82) is 0 Å². The van der Waals surface area contributed by atoms with Crippen LogP contribution in [0.2, 0.25) is 5.02 Å². The molecule has 1 aromatic carbocycles. The number of aromatic nitrogens is 3. The van der Waals surface area contributed by atoms with Crippen LogP contribution < -0.4 is 10.1 Å². The summed E-state index contributed by atoms with van der Waals surface area (Å²) in [6.45, 7) is 2.09. The van der Waals surface area contributed by atoms with Crippen LogP contribution in [-0.2, 0) is 6.54 Å². The minimum atomic E-state index is -0.579. The number of nitrogens with one attached hydrogen (secondary N) is 1. The van der Waals surface area contributed by atoms with E-state index in [2.05, 4.69) is 15.6 Å². The van der Waals surface area contributed by atoms with Gasteiger partial charge in [-0.05, 0) is 18.2 Å². The molecule has 7 heteroatoms. The summed E-state index contributed by atoms with van der Waals surface area (Å²) in [5.74, 6) is 0.652. The second-order valence-electron chi connectivity index (χ2n) is 4.29. The van der Waals surface area contributed by atoms with E-state index in [9.17, 15) is 5.11 Å². The number of nitrogens with zero attached hydrogens (tertiary/aromatic N) is 3. The molecule has 20 heavy (non-hydrogen) atoms. The summed E-state index contributed by atoms with van der Waals surface area (Å²) in [5.41, 5.74) is 0. The normalized spacial score (nSPS) is 12.3. The first kappa shape index (κ1) is 14.8. The lowest BCUT2D eigenvalue weighted by molar-refractivity contribution is 0.106. The topological polar surface area (TPSA) is 72.2 Å². The van der Waals surface area contributed by atoms with Crippen LogP contribution >= 0.6 is 11.6 Å². The van der Waals surface area contributed by atoms with Gasteiger partial charge >= 0.3 is 0 Å². The van der Waals surface area contributed by atoms with Gasteiger partial charge in [-0.15, -0.1) is 5.10 Å². The van der Waals surface area contributed by atoms with E-state index in [0.717, 1.165) is 0 Å². The van der Waals surface area contributed by atoms with Crippen LogP contribution in [0.25, 0.3) is 0 Å². The van der Waals surface area contributed by atoms with Gasteiger partial charge in [-0.2, -0.15) is 0 Å². The maximum absolute atomic E-state index is 9.78. The van der Waals surface area contributed by atoms with Crippen molar-refractivity contribution in [3.8, 4) is 5.75 Å². The third-order valence-electron chi connectivity index (χ3n) is 2.61. The number of aliphatic hydroxyl groups is 1. The van der Waals surface area contributed by atoms with Crippen molar-refractivity contribution in [2.45, 2.75) is 12.6 Å². The second-order valence-corrected chi connectivity index (χ2v) is 4.73. The molecular formula is C13H17ClN4O2. The molecule has 2 rings (SSSR count). The van der Waals surface area contributed by atoms with Gasteiger partial charge in [0.1, 0.15) is 18.5 Å². The third-order valence-corrected chi connectivity index (χ3v) is 2.84. The fourth-order valence-corrected chi connectivity index (χ4v) is 1.80. The number of rotatable bonds is 8. The number of hydrogen-bond donors (Lipinski definition) is 2. The number of ether oxygens (including phenoxy) is 1. The van der Waals surface area contributed by atoms with Crippen LogP contribution in [-0.4, -0.2) is 45.9 Å². The van der Waals surface area contributed by atoms with Gasteiger partial charge in [0.05, 0.1) is 12.7 Å². The standard InChI is InChI=1S/C13H17ClN4O2/c14-11-2-1-3-13(8-11)20-10-12(19)9-15-4-6-18-7-5-16-17-18/h1-3,5,7-8,12,15,19H,4,6,9-10H2. The molecule has 1 aromatic heterocycles. The lowest BCUT2D eigenvalue weighted by Crippen LogP contribution is -2.33. The molecule has 0 saturated carbocycles. The first-order chi connectivity index (χ1) is 9.74. The van der Waals surface area contributed by atoms with E-state index in [0.29, 0.717) is 30.4 Å². The summed E-state index contributed by atoms with van der Waals surface area (Å²) in [5, 5.41) is 21.1. The first-order valence-electron chi connectivity index (χ1n) is 6.35. The van der Waals surface area contributed by atoms with E-state index in [1.165, 1.54) is 0 Å². The Hall–Kier alpha value is -1.63. The predicted molar refractivity (Wildman–Crippen MR) is 75.8 cm³/mol. The molecule has 1 heterocycles. The molecule has 2 N–H and O–H groups in total. The van der Waals surface area contributed by atoms with Crippen LogP contribution in [0.3, 0.4) is 0 Å². The van der Waals surface area contributed by atoms with Crippen LogP contribution in [0.15, 0.2) is 36.7 Å². The molecule has 1 unspecified atom stereocenters. The molecule has 0 amide bonds. The zero-order valence-electron chi connectivity index (χ0n) is 10.9. The number of halogens is 1. The van der Waals surface area contributed by atoms with Crippen molar-refractivity contribution in [2.24, 2.45) is 0 Å². The van der Waals surface area contributed by atoms with Gasteiger partial charge in [-0.25, -0.2) is 0 Å². The second kappa shape index (κ2) is 7.84. The summed E-state index contributed by atoms with van der Waals surface area (Å²) < 4.78 is 7.17. The highest BCUT2D eigenvalue weighted by atomic mass is 35.5. The molecule has 0 saturated heterocycles. The molecule has 0 bridgehead atoms.